The van der Waals surface area contributed by atoms with E-state index in [4.69, 9.17) is 10.00 Å². The van der Waals surface area contributed by atoms with Gasteiger partial charge < -0.3 is 15.4 Å². The highest BCUT2D eigenvalue weighted by atomic mass is 16.5. The van der Waals surface area contributed by atoms with Crippen molar-refractivity contribution >= 4 is 17.5 Å². The third-order valence-corrected chi connectivity index (χ3v) is 3.89. The maximum absolute atomic E-state index is 11.9. The highest BCUT2D eigenvalue weighted by Crippen LogP contribution is 2.26. The number of hydrogen-bond acceptors (Lipinski definition) is 4. The minimum Gasteiger partial charge on any atom is -0.484 e. The molecule has 6 nitrogen and oxygen atoms in total. The molecular weight excluding hydrogens is 318 g/mol. The Morgan fingerprint density at radius 1 is 1.24 bits per heavy atom. The van der Waals surface area contributed by atoms with E-state index in [-0.39, 0.29) is 18.4 Å². The smallest absolute Gasteiger partial charge is 0.258 e. The van der Waals surface area contributed by atoms with Crippen molar-refractivity contribution in [3.63, 3.8) is 0 Å². The van der Waals surface area contributed by atoms with Gasteiger partial charge in [-0.1, -0.05) is 12.1 Å². The van der Waals surface area contributed by atoms with Crippen LogP contribution in [0.1, 0.15) is 23.1 Å². The summed E-state index contributed by atoms with van der Waals surface area (Å²) in [6.07, 6.45) is 1.12. The van der Waals surface area contributed by atoms with E-state index in [9.17, 15) is 9.59 Å². The van der Waals surface area contributed by atoms with Gasteiger partial charge in [0.15, 0.2) is 6.61 Å². The molecule has 0 aromatic heterocycles. The Labute approximate surface area is 145 Å². The van der Waals surface area contributed by atoms with Gasteiger partial charge in [0, 0.05) is 18.7 Å². The van der Waals surface area contributed by atoms with Crippen LogP contribution in [0.2, 0.25) is 0 Å². The summed E-state index contributed by atoms with van der Waals surface area (Å²) in [5.74, 6) is 0.367. The Hall–Kier alpha value is -3.33. The lowest BCUT2D eigenvalue weighted by atomic mass is 10.0. The molecule has 0 spiro atoms. The van der Waals surface area contributed by atoms with Crippen LogP contribution >= 0.6 is 0 Å². The first-order valence-electron chi connectivity index (χ1n) is 7.95. The standard InChI is InChI=1S/C19H17N3O3/c20-10-13-2-1-3-14(8-13)11-21-19(24)12-25-16-5-6-17-15(9-16)4-7-18(23)22-17/h1-3,5-6,8-9H,4,7,11-12H2,(H,21,24)(H,22,23). The lowest BCUT2D eigenvalue weighted by molar-refractivity contribution is -0.123. The molecule has 25 heavy (non-hydrogen) atoms. The number of fused-ring (bicyclic) bond motifs is 1. The van der Waals surface area contributed by atoms with Crippen LogP contribution in [0.3, 0.4) is 0 Å². The number of aryl methyl sites for hydroxylation is 1. The number of carbonyl (C=O) groups is 2. The number of hydrogen-bond donors (Lipinski definition) is 2. The zero-order valence-corrected chi connectivity index (χ0v) is 13.5. The molecule has 2 N–H and O–H groups in total. The van der Waals surface area contributed by atoms with E-state index >= 15 is 0 Å². The van der Waals surface area contributed by atoms with Crippen molar-refractivity contribution in [2.24, 2.45) is 0 Å². The van der Waals surface area contributed by atoms with Crippen LogP contribution in [-0.4, -0.2) is 18.4 Å². The fourth-order valence-corrected chi connectivity index (χ4v) is 2.60. The third-order valence-electron chi connectivity index (χ3n) is 3.89. The maximum atomic E-state index is 11.9. The van der Waals surface area contributed by atoms with Crippen LogP contribution in [0.4, 0.5) is 5.69 Å². The molecule has 0 saturated carbocycles. The number of ether oxygens (including phenoxy) is 1. The number of amides is 2. The van der Waals surface area contributed by atoms with Crippen LogP contribution in [-0.2, 0) is 22.6 Å². The van der Waals surface area contributed by atoms with Gasteiger partial charge in [0.1, 0.15) is 5.75 Å². The van der Waals surface area contributed by atoms with Crippen molar-refractivity contribution in [2.75, 3.05) is 11.9 Å². The number of nitrogens with one attached hydrogen (secondary N) is 2. The topological polar surface area (TPSA) is 91.2 Å². The molecule has 0 bridgehead atoms. The Balaban J connectivity index is 1.51. The largest absolute Gasteiger partial charge is 0.484 e. The molecule has 0 aliphatic carbocycles. The first-order valence-corrected chi connectivity index (χ1v) is 7.95. The number of rotatable bonds is 5. The monoisotopic (exact) mass is 335 g/mol. The summed E-state index contributed by atoms with van der Waals surface area (Å²) < 4.78 is 5.52. The highest BCUT2D eigenvalue weighted by molar-refractivity contribution is 5.94. The number of nitriles is 1. The van der Waals surface area contributed by atoms with Gasteiger partial charge in [-0.3, -0.25) is 9.59 Å². The molecule has 0 radical (unpaired) electrons. The average molecular weight is 335 g/mol. The van der Waals surface area contributed by atoms with Crippen LogP contribution in [0.15, 0.2) is 42.5 Å². The molecule has 2 amide bonds. The van der Waals surface area contributed by atoms with E-state index in [1.165, 1.54) is 0 Å². The van der Waals surface area contributed by atoms with Crippen LogP contribution in [0, 0.1) is 11.3 Å². The van der Waals surface area contributed by atoms with Crippen molar-refractivity contribution in [3.05, 3.63) is 59.2 Å². The van der Waals surface area contributed by atoms with Crippen molar-refractivity contribution in [2.45, 2.75) is 19.4 Å². The fraction of sp³-hybridized carbons (Fsp3) is 0.211. The summed E-state index contributed by atoms with van der Waals surface area (Å²) >= 11 is 0. The van der Waals surface area contributed by atoms with E-state index in [0.717, 1.165) is 16.8 Å². The van der Waals surface area contributed by atoms with Crippen LogP contribution < -0.4 is 15.4 Å². The molecule has 0 saturated heterocycles. The Morgan fingerprint density at radius 2 is 2.12 bits per heavy atom. The number of nitrogens with zero attached hydrogens (tertiary/aromatic N) is 1. The lowest BCUT2D eigenvalue weighted by Crippen LogP contribution is -2.28. The van der Waals surface area contributed by atoms with E-state index in [2.05, 4.69) is 16.7 Å². The van der Waals surface area contributed by atoms with Gasteiger partial charge in [-0.25, -0.2) is 0 Å². The summed E-state index contributed by atoms with van der Waals surface area (Å²) in [5.41, 5.74) is 3.22. The number of anilines is 1. The SMILES string of the molecule is N#Cc1cccc(CNC(=O)COc2ccc3c(c2)CCC(=O)N3)c1. The summed E-state index contributed by atoms with van der Waals surface area (Å²) in [7, 11) is 0. The molecule has 6 heteroatoms. The molecular formula is C19H17N3O3. The fourth-order valence-electron chi connectivity index (χ4n) is 2.60. The molecule has 126 valence electrons. The summed E-state index contributed by atoms with van der Waals surface area (Å²) in [6.45, 7) is 0.247. The minimum atomic E-state index is -0.242. The second-order valence-corrected chi connectivity index (χ2v) is 5.74. The summed E-state index contributed by atoms with van der Waals surface area (Å²) in [6, 6.07) is 14.5. The van der Waals surface area contributed by atoms with Crippen molar-refractivity contribution in [1.82, 2.24) is 5.32 Å². The summed E-state index contributed by atoms with van der Waals surface area (Å²) in [4.78, 5) is 23.3. The highest BCUT2D eigenvalue weighted by Gasteiger charge is 2.15. The molecule has 0 fully saturated rings. The number of benzene rings is 2. The van der Waals surface area contributed by atoms with E-state index in [1.54, 1.807) is 30.3 Å². The molecule has 1 aliphatic rings. The third kappa shape index (κ3) is 4.36. The second kappa shape index (κ2) is 7.49. The normalized spacial score (nSPS) is 12.5. The Morgan fingerprint density at radius 3 is 2.96 bits per heavy atom. The predicted octanol–water partition coefficient (Wildman–Crippen LogP) is 2.14. The van der Waals surface area contributed by atoms with Gasteiger partial charge in [-0.15, -0.1) is 0 Å². The minimum absolute atomic E-state index is 0.0148. The zero-order chi connectivity index (χ0) is 17.6. The van der Waals surface area contributed by atoms with Crippen molar-refractivity contribution < 1.29 is 14.3 Å². The Bertz CT molecular complexity index is 855. The quantitative estimate of drug-likeness (QED) is 0.876. The second-order valence-electron chi connectivity index (χ2n) is 5.74. The van der Waals surface area contributed by atoms with Crippen LogP contribution in [0.5, 0.6) is 5.75 Å². The average Bonchev–Trinajstić information content (AvgIpc) is 2.64. The van der Waals surface area contributed by atoms with Gasteiger partial charge in [0.05, 0.1) is 11.6 Å². The molecule has 0 atom stereocenters. The van der Waals surface area contributed by atoms with Gasteiger partial charge in [-0.05, 0) is 47.9 Å². The molecule has 0 unspecified atom stereocenters. The first kappa shape index (κ1) is 16.5. The summed E-state index contributed by atoms with van der Waals surface area (Å²) in [5, 5.41) is 14.4. The van der Waals surface area contributed by atoms with E-state index < -0.39 is 0 Å². The molecule has 1 aliphatic heterocycles. The van der Waals surface area contributed by atoms with Crippen molar-refractivity contribution in [3.8, 4) is 11.8 Å². The molecule has 3 rings (SSSR count). The van der Waals surface area contributed by atoms with Gasteiger partial charge in [-0.2, -0.15) is 5.26 Å². The lowest BCUT2D eigenvalue weighted by Gasteiger charge is -2.17. The Kier molecular flexibility index (Phi) is 4.95. The van der Waals surface area contributed by atoms with Gasteiger partial charge in [0.25, 0.3) is 5.91 Å². The predicted molar refractivity (Wildman–Crippen MR) is 91.9 cm³/mol. The number of carbonyl (C=O) groups excluding carboxylic acids is 2. The van der Waals surface area contributed by atoms with Crippen LogP contribution in [0.25, 0.3) is 0 Å². The maximum Gasteiger partial charge on any atom is 0.258 e. The molecule has 2 aromatic rings. The van der Waals surface area contributed by atoms with Crippen molar-refractivity contribution in [1.29, 1.82) is 5.26 Å². The van der Waals surface area contributed by atoms with E-state index in [1.807, 2.05) is 12.1 Å². The zero-order valence-electron chi connectivity index (χ0n) is 13.5. The van der Waals surface area contributed by atoms with Gasteiger partial charge in [0.2, 0.25) is 5.91 Å². The molecule has 2 aromatic carbocycles. The molecule has 1 heterocycles. The van der Waals surface area contributed by atoms with Gasteiger partial charge >= 0.3 is 0 Å². The first-order chi connectivity index (χ1) is 12.1. The van der Waals surface area contributed by atoms with E-state index in [0.29, 0.717) is 30.7 Å².